The molecular formula is C39H59N2O4P. The van der Waals surface area contributed by atoms with E-state index in [0.29, 0.717) is 36.7 Å². The maximum absolute atomic E-state index is 15.9. The van der Waals surface area contributed by atoms with E-state index in [0.717, 1.165) is 23.1 Å². The van der Waals surface area contributed by atoms with Crippen LogP contribution in [-0.4, -0.2) is 59.0 Å². The SMILES string of the molecule is Cc1cc(C)c(C(=O)P(=O)(c2ccccc2)C(C)(C)CC(N2CCCC2=O)C(C)(C)C(C)(C)CC(C(=O)N(C)C)C(C)C)c(C)c1. The van der Waals surface area contributed by atoms with E-state index in [-0.39, 0.29) is 40.6 Å². The van der Waals surface area contributed by atoms with Crippen LogP contribution in [0.2, 0.25) is 0 Å². The van der Waals surface area contributed by atoms with Gasteiger partial charge in [-0.1, -0.05) is 103 Å². The Morgan fingerprint density at radius 2 is 1.46 bits per heavy atom. The normalized spacial score (nSPS) is 17.2. The minimum atomic E-state index is -3.80. The lowest BCUT2D eigenvalue weighted by molar-refractivity contribution is -0.140. The largest absolute Gasteiger partial charge is 0.349 e. The van der Waals surface area contributed by atoms with Crippen molar-refractivity contribution in [2.24, 2.45) is 22.7 Å². The maximum Gasteiger partial charge on any atom is 0.226 e. The summed E-state index contributed by atoms with van der Waals surface area (Å²) < 4.78 is 15.9. The third kappa shape index (κ3) is 7.08. The summed E-state index contributed by atoms with van der Waals surface area (Å²) in [6.45, 7) is 23.4. The van der Waals surface area contributed by atoms with Crippen LogP contribution in [0.5, 0.6) is 0 Å². The Morgan fingerprint density at radius 1 is 0.913 bits per heavy atom. The second-order valence-electron chi connectivity index (χ2n) is 16.1. The number of carbonyl (C=O) groups excluding carboxylic acids is 3. The molecule has 46 heavy (non-hydrogen) atoms. The Hall–Kier alpha value is -2.72. The average molecular weight is 651 g/mol. The van der Waals surface area contributed by atoms with E-state index in [1.165, 1.54) is 0 Å². The van der Waals surface area contributed by atoms with Crippen molar-refractivity contribution in [3.8, 4) is 0 Å². The summed E-state index contributed by atoms with van der Waals surface area (Å²) >= 11 is 0. The standard InChI is InChI=1S/C39H59N2O4P/c1-26(2)31(35(43)40(12)13)24-37(6,7)39(10,11)32(41-21-17-20-33(41)42)25-38(8,9)46(45,30-18-15-14-16-19-30)36(44)34-28(4)22-27(3)23-29(34)5/h14-16,18-19,22-23,26,31-32H,17,20-21,24-25H2,1-13H3. The number of hydrogen-bond acceptors (Lipinski definition) is 4. The minimum absolute atomic E-state index is 0.0977. The molecule has 0 aromatic heterocycles. The molecule has 1 fully saturated rings. The lowest BCUT2D eigenvalue weighted by Gasteiger charge is -2.53. The van der Waals surface area contributed by atoms with Crippen molar-refractivity contribution in [2.75, 3.05) is 20.6 Å². The predicted molar refractivity (Wildman–Crippen MR) is 191 cm³/mol. The molecule has 0 radical (unpaired) electrons. The lowest BCUT2D eigenvalue weighted by atomic mass is 9.58. The second-order valence-corrected chi connectivity index (χ2v) is 19.5. The fourth-order valence-corrected chi connectivity index (χ4v) is 10.8. The molecule has 2 aromatic rings. The minimum Gasteiger partial charge on any atom is -0.349 e. The molecule has 0 aliphatic carbocycles. The van der Waals surface area contributed by atoms with E-state index < -0.39 is 17.7 Å². The smallest absolute Gasteiger partial charge is 0.226 e. The maximum atomic E-state index is 15.9. The van der Waals surface area contributed by atoms with Gasteiger partial charge in [0.25, 0.3) is 0 Å². The number of amides is 2. The van der Waals surface area contributed by atoms with Gasteiger partial charge in [0.15, 0.2) is 7.14 Å². The van der Waals surface area contributed by atoms with Crippen LogP contribution in [0.3, 0.4) is 0 Å². The fraction of sp³-hybridized carbons (Fsp3) is 0.615. The van der Waals surface area contributed by atoms with E-state index in [2.05, 4.69) is 41.5 Å². The number of carbonyl (C=O) groups is 3. The van der Waals surface area contributed by atoms with Crippen molar-refractivity contribution in [1.82, 2.24) is 9.80 Å². The molecule has 0 saturated carbocycles. The van der Waals surface area contributed by atoms with Crippen molar-refractivity contribution in [1.29, 1.82) is 0 Å². The molecule has 3 rings (SSSR count). The van der Waals surface area contributed by atoms with Crippen molar-refractivity contribution in [3.63, 3.8) is 0 Å². The molecule has 1 saturated heterocycles. The van der Waals surface area contributed by atoms with Gasteiger partial charge in [-0.2, -0.15) is 0 Å². The molecular weight excluding hydrogens is 591 g/mol. The second kappa shape index (κ2) is 13.8. The molecule has 6 nitrogen and oxygen atoms in total. The molecule has 3 unspecified atom stereocenters. The van der Waals surface area contributed by atoms with Gasteiger partial charge in [0.2, 0.25) is 17.3 Å². The predicted octanol–water partition coefficient (Wildman–Crippen LogP) is 8.40. The van der Waals surface area contributed by atoms with Crippen LogP contribution < -0.4 is 5.30 Å². The van der Waals surface area contributed by atoms with E-state index in [1.54, 1.807) is 19.0 Å². The van der Waals surface area contributed by atoms with Crippen LogP contribution in [0.1, 0.15) is 108 Å². The average Bonchev–Trinajstić information content (AvgIpc) is 3.38. The number of nitrogens with zero attached hydrogens (tertiary/aromatic N) is 2. The highest BCUT2D eigenvalue weighted by molar-refractivity contribution is 7.88. The van der Waals surface area contributed by atoms with Crippen molar-refractivity contribution in [3.05, 3.63) is 64.7 Å². The molecule has 3 atom stereocenters. The summed E-state index contributed by atoms with van der Waals surface area (Å²) in [6.07, 6.45) is 2.28. The number of hydrogen-bond donors (Lipinski definition) is 0. The summed E-state index contributed by atoms with van der Waals surface area (Å²) in [5.74, 6) is 0.165. The van der Waals surface area contributed by atoms with Gasteiger partial charge in [-0.3, -0.25) is 14.4 Å². The van der Waals surface area contributed by atoms with Gasteiger partial charge < -0.3 is 14.4 Å². The fourth-order valence-electron chi connectivity index (χ4n) is 7.61. The number of benzene rings is 2. The number of likely N-dealkylation sites (tertiary alicyclic amines) is 1. The van der Waals surface area contributed by atoms with Gasteiger partial charge >= 0.3 is 0 Å². The first-order chi connectivity index (χ1) is 21.1. The number of aryl methyl sites for hydroxylation is 3. The van der Waals surface area contributed by atoms with Gasteiger partial charge in [-0.15, -0.1) is 0 Å². The Morgan fingerprint density at radius 3 is 1.91 bits per heavy atom. The summed E-state index contributed by atoms with van der Waals surface area (Å²) in [4.78, 5) is 45.4. The van der Waals surface area contributed by atoms with Crippen molar-refractivity contribution >= 4 is 29.8 Å². The highest BCUT2D eigenvalue weighted by Gasteiger charge is 2.55. The van der Waals surface area contributed by atoms with Gasteiger partial charge in [0, 0.05) is 55.0 Å². The summed E-state index contributed by atoms with van der Waals surface area (Å²) in [7, 11) is -0.191. The Labute approximate surface area is 279 Å². The molecule has 254 valence electrons. The zero-order chi connectivity index (χ0) is 35.0. The van der Waals surface area contributed by atoms with Gasteiger partial charge in [0.1, 0.15) is 0 Å². The monoisotopic (exact) mass is 650 g/mol. The van der Waals surface area contributed by atoms with Crippen LogP contribution in [0.25, 0.3) is 0 Å². The van der Waals surface area contributed by atoms with E-state index in [1.807, 2.05) is 82.0 Å². The van der Waals surface area contributed by atoms with Crippen molar-refractivity contribution < 1.29 is 18.9 Å². The first kappa shape index (κ1) is 37.7. The number of rotatable bonds is 13. The Kier molecular flexibility index (Phi) is 11.3. The molecule has 2 aromatic carbocycles. The van der Waals surface area contributed by atoms with Crippen LogP contribution in [0.15, 0.2) is 42.5 Å². The molecule has 0 bridgehead atoms. The summed E-state index contributed by atoms with van der Waals surface area (Å²) in [5, 5.41) is -0.447. The van der Waals surface area contributed by atoms with Crippen LogP contribution in [-0.2, 0) is 14.2 Å². The molecule has 0 spiro atoms. The third-order valence-electron chi connectivity index (χ3n) is 11.2. The molecule has 1 aliphatic rings. The van der Waals surface area contributed by atoms with E-state index in [4.69, 9.17) is 0 Å². The van der Waals surface area contributed by atoms with Gasteiger partial charge in [0.05, 0.1) is 0 Å². The first-order valence-corrected chi connectivity index (χ1v) is 18.6. The zero-order valence-electron chi connectivity index (χ0n) is 30.8. The van der Waals surface area contributed by atoms with E-state index >= 15 is 4.57 Å². The Bertz CT molecular complexity index is 1470. The molecule has 1 heterocycles. The van der Waals surface area contributed by atoms with E-state index in [9.17, 15) is 14.4 Å². The quantitative estimate of drug-likeness (QED) is 0.204. The Balaban J connectivity index is 2.21. The van der Waals surface area contributed by atoms with Gasteiger partial charge in [-0.25, -0.2) is 0 Å². The molecule has 2 amide bonds. The summed E-state index contributed by atoms with van der Waals surface area (Å²) in [6, 6.07) is 12.9. The first-order valence-electron chi connectivity index (χ1n) is 16.9. The van der Waals surface area contributed by atoms with Crippen LogP contribution in [0, 0.1) is 43.4 Å². The molecule has 7 heteroatoms. The highest BCUT2D eigenvalue weighted by Crippen LogP contribution is 2.63. The topological polar surface area (TPSA) is 74.8 Å². The molecule has 1 aliphatic heterocycles. The highest BCUT2D eigenvalue weighted by atomic mass is 31.2. The van der Waals surface area contributed by atoms with Gasteiger partial charge in [-0.05, 0) is 67.9 Å². The third-order valence-corrected chi connectivity index (χ3v) is 14.9. The van der Waals surface area contributed by atoms with Crippen LogP contribution >= 0.6 is 7.14 Å². The van der Waals surface area contributed by atoms with Crippen LogP contribution in [0.4, 0.5) is 0 Å². The zero-order valence-corrected chi connectivity index (χ0v) is 31.7. The van der Waals surface area contributed by atoms with Crippen molar-refractivity contribution in [2.45, 2.75) is 113 Å². The molecule has 0 N–H and O–H groups in total. The lowest BCUT2D eigenvalue weighted by Crippen LogP contribution is -2.56. The summed E-state index contributed by atoms with van der Waals surface area (Å²) in [5.41, 5.74) is 2.04.